The first-order chi connectivity index (χ1) is 13.8. The average Bonchev–Trinajstić information content (AvgIpc) is 2.68. The first-order valence-electron chi connectivity index (χ1n) is 8.97. The fourth-order valence-corrected chi connectivity index (χ4v) is 2.39. The summed E-state index contributed by atoms with van der Waals surface area (Å²) in [5, 5.41) is 5.10. The molecule has 0 bridgehead atoms. The van der Waals surface area contributed by atoms with Gasteiger partial charge in [0.15, 0.2) is 11.9 Å². The van der Waals surface area contributed by atoms with Gasteiger partial charge in [0.2, 0.25) is 0 Å². The molecule has 0 aromatic heterocycles. The zero-order chi connectivity index (χ0) is 21.4. The third kappa shape index (κ3) is 6.17. The third-order valence-corrected chi connectivity index (χ3v) is 3.86. The van der Waals surface area contributed by atoms with Crippen molar-refractivity contribution in [1.82, 2.24) is 0 Å². The van der Waals surface area contributed by atoms with Crippen molar-refractivity contribution in [3.8, 4) is 0 Å². The zero-order valence-electron chi connectivity index (χ0n) is 16.4. The van der Waals surface area contributed by atoms with Gasteiger partial charge in [-0.15, -0.1) is 0 Å². The predicted octanol–water partition coefficient (Wildman–Crippen LogP) is 3.64. The molecule has 0 aliphatic carbocycles. The van der Waals surface area contributed by atoms with Gasteiger partial charge in [-0.1, -0.05) is 12.1 Å². The van der Waals surface area contributed by atoms with E-state index in [9.17, 15) is 19.2 Å². The Morgan fingerprint density at radius 2 is 1.62 bits per heavy atom. The van der Waals surface area contributed by atoms with Gasteiger partial charge in [0.05, 0.1) is 17.9 Å². The fraction of sp³-hybridized carbons (Fsp3) is 0.238. The van der Waals surface area contributed by atoms with Crippen LogP contribution < -0.4 is 10.6 Å². The van der Waals surface area contributed by atoms with Gasteiger partial charge in [0, 0.05) is 11.3 Å². The van der Waals surface area contributed by atoms with Crippen LogP contribution in [0.25, 0.3) is 0 Å². The summed E-state index contributed by atoms with van der Waals surface area (Å²) in [5.41, 5.74) is 1.38. The number of hydrogen-bond acceptors (Lipinski definition) is 6. The molecule has 1 unspecified atom stereocenters. The molecule has 0 saturated heterocycles. The van der Waals surface area contributed by atoms with E-state index in [2.05, 4.69) is 10.6 Å². The minimum absolute atomic E-state index is 0.193. The van der Waals surface area contributed by atoms with Gasteiger partial charge >= 0.3 is 12.1 Å². The zero-order valence-corrected chi connectivity index (χ0v) is 16.4. The molecule has 0 fully saturated rings. The van der Waals surface area contributed by atoms with Gasteiger partial charge in [0.1, 0.15) is 0 Å². The smallest absolute Gasteiger partial charge is 0.411 e. The Morgan fingerprint density at radius 1 is 0.966 bits per heavy atom. The molecule has 2 rings (SSSR count). The summed E-state index contributed by atoms with van der Waals surface area (Å²) < 4.78 is 9.95. The highest BCUT2D eigenvalue weighted by molar-refractivity contribution is 6.05. The van der Waals surface area contributed by atoms with Crippen molar-refractivity contribution in [3.63, 3.8) is 0 Å². The van der Waals surface area contributed by atoms with Crippen LogP contribution in [0, 0.1) is 0 Å². The van der Waals surface area contributed by atoms with E-state index in [1.54, 1.807) is 31.2 Å². The molecule has 8 nitrogen and oxygen atoms in total. The summed E-state index contributed by atoms with van der Waals surface area (Å²) in [6.45, 7) is 4.76. The molecule has 0 spiro atoms. The van der Waals surface area contributed by atoms with Crippen molar-refractivity contribution < 1.29 is 28.7 Å². The van der Waals surface area contributed by atoms with Crippen molar-refractivity contribution in [3.05, 3.63) is 59.7 Å². The van der Waals surface area contributed by atoms with Gasteiger partial charge in [-0.2, -0.15) is 0 Å². The van der Waals surface area contributed by atoms with Gasteiger partial charge in [-0.05, 0) is 57.2 Å². The summed E-state index contributed by atoms with van der Waals surface area (Å²) in [7, 11) is 0. The number of carbonyl (C=O) groups excluding carboxylic acids is 4. The molecule has 0 heterocycles. The van der Waals surface area contributed by atoms with E-state index in [0.717, 1.165) is 0 Å². The number of ether oxygens (including phenoxy) is 2. The van der Waals surface area contributed by atoms with Crippen LogP contribution in [0.3, 0.4) is 0 Å². The van der Waals surface area contributed by atoms with E-state index in [0.29, 0.717) is 16.9 Å². The molecule has 0 aliphatic heterocycles. The maximum absolute atomic E-state index is 12.3. The third-order valence-electron chi connectivity index (χ3n) is 3.86. The Bertz CT molecular complexity index is 908. The number of ketones is 1. The second-order valence-corrected chi connectivity index (χ2v) is 6.06. The number of para-hydroxylation sites is 1. The standard InChI is InChI=1S/C21H22N2O6/c1-4-28-21(27)22-16-11-9-15(10-12-16)20(26)29-14(3)19(25)23-18-8-6-5-7-17(18)13(2)24/h5-12,14H,4H2,1-3H3,(H,22,27)(H,23,25). The van der Waals surface area contributed by atoms with E-state index in [-0.39, 0.29) is 18.0 Å². The van der Waals surface area contributed by atoms with Crippen LogP contribution in [0.15, 0.2) is 48.5 Å². The molecule has 2 amide bonds. The van der Waals surface area contributed by atoms with E-state index >= 15 is 0 Å². The molecule has 0 radical (unpaired) electrons. The lowest BCUT2D eigenvalue weighted by molar-refractivity contribution is -0.123. The SMILES string of the molecule is CCOC(=O)Nc1ccc(C(=O)OC(C)C(=O)Nc2ccccc2C(C)=O)cc1. The van der Waals surface area contributed by atoms with E-state index < -0.39 is 24.1 Å². The molecule has 2 N–H and O–H groups in total. The summed E-state index contributed by atoms with van der Waals surface area (Å²) >= 11 is 0. The van der Waals surface area contributed by atoms with Crippen molar-refractivity contribution in [2.45, 2.75) is 26.9 Å². The lowest BCUT2D eigenvalue weighted by Gasteiger charge is -2.15. The molecular formula is C21H22N2O6. The van der Waals surface area contributed by atoms with Crippen LogP contribution >= 0.6 is 0 Å². The van der Waals surface area contributed by atoms with Crippen LogP contribution in [-0.2, 0) is 14.3 Å². The van der Waals surface area contributed by atoms with Gasteiger partial charge < -0.3 is 14.8 Å². The number of esters is 1. The molecular weight excluding hydrogens is 376 g/mol. The summed E-state index contributed by atoms with van der Waals surface area (Å²) in [6, 6.07) is 12.5. The number of amides is 2. The highest BCUT2D eigenvalue weighted by Gasteiger charge is 2.20. The number of nitrogens with one attached hydrogen (secondary N) is 2. The minimum Gasteiger partial charge on any atom is -0.450 e. The first-order valence-corrected chi connectivity index (χ1v) is 8.97. The Hall–Kier alpha value is -3.68. The van der Waals surface area contributed by atoms with Crippen LogP contribution in [0.1, 0.15) is 41.5 Å². The first kappa shape index (κ1) is 21.6. The maximum Gasteiger partial charge on any atom is 0.411 e. The maximum atomic E-state index is 12.3. The van der Waals surface area contributed by atoms with Crippen molar-refractivity contribution in [2.24, 2.45) is 0 Å². The molecule has 0 saturated carbocycles. The number of anilines is 2. The second-order valence-electron chi connectivity index (χ2n) is 6.06. The quantitative estimate of drug-likeness (QED) is 0.544. The topological polar surface area (TPSA) is 111 Å². The number of Topliss-reactive ketones (excluding diaryl/α,β-unsaturated/α-hetero) is 1. The van der Waals surface area contributed by atoms with Crippen molar-refractivity contribution >= 4 is 35.1 Å². The van der Waals surface area contributed by atoms with E-state index in [1.807, 2.05) is 0 Å². The Balaban J connectivity index is 1.97. The normalized spacial score (nSPS) is 11.1. The Labute approximate surface area is 168 Å². The Kier molecular flexibility index (Phi) is 7.47. The highest BCUT2D eigenvalue weighted by Crippen LogP contribution is 2.17. The molecule has 0 aliphatic rings. The van der Waals surface area contributed by atoms with Crippen LogP contribution in [0.4, 0.5) is 16.2 Å². The van der Waals surface area contributed by atoms with Crippen molar-refractivity contribution in [2.75, 3.05) is 17.2 Å². The molecule has 152 valence electrons. The average molecular weight is 398 g/mol. The largest absolute Gasteiger partial charge is 0.450 e. The highest BCUT2D eigenvalue weighted by atomic mass is 16.6. The van der Waals surface area contributed by atoms with Gasteiger partial charge in [0.25, 0.3) is 5.91 Å². The number of carbonyl (C=O) groups is 4. The molecule has 2 aromatic rings. The second kappa shape index (κ2) is 10.0. The van der Waals surface area contributed by atoms with Gasteiger partial charge in [-0.25, -0.2) is 9.59 Å². The van der Waals surface area contributed by atoms with E-state index in [4.69, 9.17) is 9.47 Å². The van der Waals surface area contributed by atoms with Crippen LogP contribution in [-0.4, -0.2) is 36.5 Å². The molecule has 1 atom stereocenters. The fourth-order valence-electron chi connectivity index (χ4n) is 2.39. The minimum atomic E-state index is -1.08. The molecule has 2 aromatic carbocycles. The summed E-state index contributed by atoms with van der Waals surface area (Å²) in [4.78, 5) is 47.6. The van der Waals surface area contributed by atoms with Crippen molar-refractivity contribution in [1.29, 1.82) is 0 Å². The lowest BCUT2D eigenvalue weighted by atomic mass is 10.1. The predicted molar refractivity (Wildman–Crippen MR) is 107 cm³/mol. The lowest BCUT2D eigenvalue weighted by Crippen LogP contribution is -2.30. The number of hydrogen-bond donors (Lipinski definition) is 2. The Morgan fingerprint density at radius 3 is 2.24 bits per heavy atom. The summed E-state index contributed by atoms with van der Waals surface area (Å²) in [5.74, 6) is -1.45. The van der Waals surface area contributed by atoms with E-state index in [1.165, 1.54) is 38.1 Å². The monoisotopic (exact) mass is 398 g/mol. The summed E-state index contributed by atoms with van der Waals surface area (Å²) in [6.07, 6.45) is -1.68. The van der Waals surface area contributed by atoms with Crippen LogP contribution in [0.2, 0.25) is 0 Å². The number of benzene rings is 2. The molecule has 29 heavy (non-hydrogen) atoms. The van der Waals surface area contributed by atoms with Gasteiger partial charge in [-0.3, -0.25) is 14.9 Å². The number of rotatable bonds is 7. The van der Waals surface area contributed by atoms with Crippen LogP contribution in [0.5, 0.6) is 0 Å². The molecule has 8 heteroatoms.